The summed E-state index contributed by atoms with van der Waals surface area (Å²) in [5.74, 6) is 1.68. The molecule has 1 aromatic rings. The monoisotopic (exact) mass is 445 g/mol. The van der Waals surface area contributed by atoms with Crippen molar-refractivity contribution in [2.24, 2.45) is 4.99 Å². The van der Waals surface area contributed by atoms with Crippen LogP contribution in [0.15, 0.2) is 29.3 Å². The number of morpholine rings is 1. The van der Waals surface area contributed by atoms with Crippen LogP contribution in [-0.2, 0) is 9.53 Å². The number of nitrogens with zero attached hydrogens (tertiary/aromatic N) is 2. The highest BCUT2D eigenvalue weighted by Crippen LogP contribution is 2.23. The van der Waals surface area contributed by atoms with Crippen molar-refractivity contribution in [1.82, 2.24) is 20.9 Å². The van der Waals surface area contributed by atoms with E-state index in [2.05, 4.69) is 38.0 Å². The summed E-state index contributed by atoms with van der Waals surface area (Å²) in [6.07, 6.45) is 6.39. The lowest BCUT2D eigenvalue weighted by atomic mass is 9.95. The molecular weight excluding hydrogens is 406 g/mol. The number of nitrogens with one attached hydrogen (secondary N) is 3. The van der Waals surface area contributed by atoms with Gasteiger partial charge in [0, 0.05) is 45.7 Å². The highest BCUT2D eigenvalue weighted by molar-refractivity contribution is 5.81. The zero-order valence-electron chi connectivity index (χ0n) is 19.6. The van der Waals surface area contributed by atoms with Crippen LogP contribution in [0.5, 0.6) is 5.75 Å². The fraction of sp³-hybridized carbons (Fsp3) is 0.667. The Morgan fingerprint density at radius 2 is 1.88 bits per heavy atom. The fourth-order valence-corrected chi connectivity index (χ4v) is 4.43. The van der Waals surface area contributed by atoms with Crippen molar-refractivity contribution < 1.29 is 14.3 Å². The Kier molecular flexibility index (Phi) is 10.1. The summed E-state index contributed by atoms with van der Waals surface area (Å²) in [7, 11) is 3.44. The van der Waals surface area contributed by atoms with E-state index in [-0.39, 0.29) is 11.9 Å². The number of carbonyl (C=O) groups excluding carboxylic acids is 1. The number of aliphatic imine (C=N–C) groups is 1. The second kappa shape index (κ2) is 13.3. The molecule has 1 aliphatic heterocycles. The topological polar surface area (TPSA) is 87.2 Å². The number of hydrogen-bond acceptors (Lipinski definition) is 5. The highest BCUT2D eigenvalue weighted by Gasteiger charge is 2.23. The van der Waals surface area contributed by atoms with Gasteiger partial charge in [0.05, 0.1) is 26.4 Å². The first-order valence-corrected chi connectivity index (χ1v) is 11.9. The first-order valence-electron chi connectivity index (χ1n) is 11.9. The lowest BCUT2D eigenvalue weighted by molar-refractivity contribution is -0.121. The average molecular weight is 446 g/mol. The fourth-order valence-electron chi connectivity index (χ4n) is 4.43. The van der Waals surface area contributed by atoms with E-state index < -0.39 is 0 Å². The van der Waals surface area contributed by atoms with Crippen LogP contribution < -0.4 is 20.7 Å². The van der Waals surface area contributed by atoms with E-state index in [0.717, 1.165) is 44.9 Å². The van der Waals surface area contributed by atoms with E-state index in [1.165, 1.54) is 24.8 Å². The van der Waals surface area contributed by atoms with Gasteiger partial charge in [-0.2, -0.15) is 0 Å². The molecule has 8 nitrogen and oxygen atoms in total. The predicted octanol–water partition coefficient (Wildman–Crippen LogP) is 2.07. The average Bonchev–Trinajstić information content (AvgIpc) is 2.84. The first-order chi connectivity index (χ1) is 15.7. The minimum Gasteiger partial charge on any atom is -0.497 e. The second-order valence-corrected chi connectivity index (χ2v) is 8.47. The minimum atomic E-state index is 0.115. The van der Waals surface area contributed by atoms with E-state index in [0.29, 0.717) is 31.5 Å². The van der Waals surface area contributed by atoms with Crippen LogP contribution in [0.1, 0.15) is 50.1 Å². The van der Waals surface area contributed by atoms with Gasteiger partial charge in [0.25, 0.3) is 0 Å². The van der Waals surface area contributed by atoms with Crippen molar-refractivity contribution in [2.45, 2.75) is 50.6 Å². The number of rotatable bonds is 9. The van der Waals surface area contributed by atoms with E-state index in [4.69, 9.17) is 9.47 Å². The molecule has 1 saturated carbocycles. The molecule has 1 amide bonds. The molecular formula is C24H39N5O3. The van der Waals surface area contributed by atoms with Crippen LogP contribution in [0.2, 0.25) is 0 Å². The van der Waals surface area contributed by atoms with Gasteiger partial charge in [0.1, 0.15) is 5.75 Å². The molecule has 1 aliphatic carbocycles. The number of guanidine groups is 1. The summed E-state index contributed by atoms with van der Waals surface area (Å²) in [5, 5.41) is 9.89. The van der Waals surface area contributed by atoms with Crippen molar-refractivity contribution >= 4 is 11.9 Å². The summed E-state index contributed by atoms with van der Waals surface area (Å²) in [6, 6.07) is 8.78. The SMILES string of the molecule is CN=C(NCCC(=O)NC1CCCCC1)NCC(c1ccc(OC)cc1)N1CCOCC1. The number of benzene rings is 1. The van der Waals surface area contributed by atoms with E-state index in [1.807, 2.05) is 12.1 Å². The summed E-state index contributed by atoms with van der Waals surface area (Å²) >= 11 is 0. The maximum absolute atomic E-state index is 12.3. The van der Waals surface area contributed by atoms with Gasteiger partial charge in [-0.15, -0.1) is 0 Å². The van der Waals surface area contributed by atoms with E-state index in [9.17, 15) is 4.79 Å². The number of methoxy groups -OCH3 is 1. The molecule has 1 saturated heterocycles. The number of ether oxygens (including phenoxy) is 2. The minimum absolute atomic E-state index is 0.115. The van der Waals surface area contributed by atoms with Crippen molar-refractivity contribution in [3.8, 4) is 5.75 Å². The van der Waals surface area contributed by atoms with Crippen LogP contribution in [0.3, 0.4) is 0 Å². The van der Waals surface area contributed by atoms with Crippen LogP contribution in [0.25, 0.3) is 0 Å². The zero-order valence-corrected chi connectivity index (χ0v) is 19.6. The third-order valence-corrected chi connectivity index (χ3v) is 6.29. The summed E-state index contributed by atoms with van der Waals surface area (Å²) in [5.41, 5.74) is 1.22. The molecule has 8 heteroatoms. The van der Waals surface area contributed by atoms with Gasteiger partial charge in [-0.05, 0) is 30.5 Å². The summed E-state index contributed by atoms with van der Waals surface area (Å²) < 4.78 is 10.9. The van der Waals surface area contributed by atoms with Crippen LogP contribution in [0.4, 0.5) is 0 Å². The zero-order chi connectivity index (χ0) is 22.6. The Labute approximate surface area is 192 Å². The van der Waals surface area contributed by atoms with E-state index >= 15 is 0 Å². The molecule has 0 bridgehead atoms. The number of hydrogen-bond donors (Lipinski definition) is 3. The smallest absolute Gasteiger partial charge is 0.221 e. The van der Waals surface area contributed by atoms with Crippen molar-refractivity contribution in [2.75, 3.05) is 53.6 Å². The Morgan fingerprint density at radius 3 is 2.53 bits per heavy atom. The van der Waals surface area contributed by atoms with Crippen LogP contribution in [-0.4, -0.2) is 76.4 Å². The highest BCUT2D eigenvalue weighted by atomic mass is 16.5. The quantitative estimate of drug-likeness (QED) is 0.399. The molecule has 0 aromatic heterocycles. The van der Waals surface area contributed by atoms with Crippen molar-refractivity contribution in [3.05, 3.63) is 29.8 Å². The lowest BCUT2D eigenvalue weighted by Crippen LogP contribution is -2.47. The molecule has 2 aliphatic rings. The molecule has 32 heavy (non-hydrogen) atoms. The first kappa shape index (κ1) is 24.3. The summed E-state index contributed by atoms with van der Waals surface area (Å²) in [4.78, 5) is 19.0. The Balaban J connectivity index is 1.48. The molecule has 2 fully saturated rings. The van der Waals surface area contributed by atoms with Gasteiger partial charge in [-0.25, -0.2) is 0 Å². The molecule has 1 heterocycles. The molecule has 0 spiro atoms. The maximum atomic E-state index is 12.3. The van der Waals surface area contributed by atoms with Gasteiger partial charge in [-0.1, -0.05) is 31.4 Å². The van der Waals surface area contributed by atoms with Gasteiger partial charge in [0.2, 0.25) is 5.91 Å². The van der Waals surface area contributed by atoms with Gasteiger partial charge in [-0.3, -0.25) is 14.7 Å². The normalized spacial score (nSPS) is 19.2. The predicted molar refractivity (Wildman–Crippen MR) is 127 cm³/mol. The van der Waals surface area contributed by atoms with Gasteiger partial charge >= 0.3 is 0 Å². The van der Waals surface area contributed by atoms with Crippen molar-refractivity contribution in [3.63, 3.8) is 0 Å². The third kappa shape index (κ3) is 7.67. The Morgan fingerprint density at radius 1 is 1.16 bits per heavy atom. The Bertz CT molecular complexity index is 713. The van der Waals surface area contributed by atoms with Crippen molar-refractivity contribution in [1.29, 1.82) is 0 Å². The standard InChI is InChI=1S/C24H39N5O3/c1-25-24(26-13-12-23(30)28-20-6-4-3-5-7-20)27-18-22(29-14-16-32-17-15-29)19-8-10-21(31-2)11-9-19/h8-11,20,22H,3-7,12-18H2,1-2H3,(H,28,30)(H2,25,26,27). The molecule has 1 atom stereocenters. The van der Waals surface area contributed by atoms with E-state index in [1.54, 1.807) is 14.2 Å². The molecule has 1 aromatic carbocycles. The number of amides is 1. The molecule has 3 N–H and O–H groups in total. The molecule has 178 valence electrons. The third-order valence-electron chi connectivity index (χ3n) is 6.29. The second-order valence-electron chi connectivity index (χ2n) is 8.47. The summed E-state index contributed by atoms with van der Waals surface area (Å²) in [6.45, 7) is 4.55. The largest absolute Gasteiger partial charge is 0.497 e. The van der Waals surface area contributed by atoms with Gasteiger partial charge in [0.15, 0.2) is 5.96 Å². The van der Waals surface area contributed by atoms with Crippen LogP contribution in [0, 0.1) is 0 Å². The van der Waals surface area contributed by atoms with Gasteiger partial charge < -0.3 is 25.4 Å². The maximum Gasteiger partial charge on any atom is 0.221 e. The van der Waals surface area contributed by atoms with Crippen LogP contribution >= 0.6 is 0 Å². The molecule has 1 unspecified atom stereocenters. The molecule has 0 radical (unpaired) electrons. The number of carbonyl (C=O) groups is 1. The Hall–Kier alpha value is -2.32. The lowest BCUT2D eigenvalue weighted by Gasteiger charge is -2.35. The molecule has 3 rings (SSSR count).